The minimum absolute atomic E-state index is 0.0562. The summed E-state index contributed by atoms with van der Waals surface area (Å²) in [6.45, 7) is 0. The molecule has 0 saturated carbocycles. The smallest absolute Gasteiger partial charge is 0.202 e. The molecule has 6 heteroatoms. The van der Waals surface area contributed by atoms with E-state index in [9.17, 15) is 13.6 Å². The Morgan fingerprint density at radius 2 is 1.89 bits per heavy atom. The topological polar surface area (TPSA) is 30.2 Å². The van der Waals surface area contributed by atoms with E-state index in [4.69, 9.17) is 4.42 Å². The third kappa shape index (κ3) is 2.70. The first-order valence-electron chi connectivity index (χ1n) is 4.90. The fourth-order valence-electron chi connectivity index (χ4n) is 1.44. The molecule has 0 fully saturated rings. The van der Waals surface area contributed by atoms with Crippen molar-refractivity contribution >= 4 is 37.6 Å². The van der Waals surface area contributed by atoms with Gasteiger partial charge in [-0.05, 0) is 56.1 Å². The van der Waals surface area contributed by atoms with E-state index in [1.54, 1.807) is 6.07 Å². The predicted molar refractivity (Wildman–Crippen MR) is 68.5 cm³/mol. The highest BCUT2D eigenvalue weighted by Crippen LogP contribution is 2.23. The molecule has 0 aliphatic carbocycles. The van der Waals surface area contributed by atoms with Gasteiger partial charge in [0.1, 0.15) is 11.6 Å². The third-order valence-electron chi connectivity index (χ3n) is 2.32. The van der Waals surface area contributed by atoms with Crippen LogP contribution in [0.5, 0.6) is 0 Å². The van der Waals surface area contributed by atoms with Gasteiger partial charge in [-0.2, -0.15) is 0 Å². The summed E-state index contributed by atoms with van der Waals surface area (Å²) in [7, 11) is 0. The van der Waals surface area contributed by atoms with Gasteiger partial charge in [0.2, 0.25) is 5.78 Å². The van der Waals surface area contributed by atoms with Crippen molar-refractivity contribution in [3.63, 3.8) is 0 Å². The van der Waals surface area contributed by atoms with Crippen molar-refractivity contribution in [3.8, 4) is 0 Å². The Hall–Kier alpha value is -1.01. The second-order valence-electron chi connectivity index (χ2n) is 3.53. The van der Waals surface area contributed by atoms with E-state index in [1.807, 2.05) is 0 Å². The lowest BCUT2D eigenvalue weighted by atomic mass is 10.1. The molecule has 0 N–H and O–H groups in total. The van der Waals surface area contributed by atoms with Gasteiger partial charge in [0.15, 0.2) is 10.4 Å². The highest BCUT2D eigenvalue weighted by molar-refractivity contribution is 9.10. The molecule has 1 aromatic heterocycles. The molecule has 18 heavy (non-hydrogen) atoms. The zero-order chi connectivity index (χ0) is 13.3. The number of rotatable bonds is 3. The molecule has 0 unspecified atom stereocenters. The van der Waals surface area contributed by atoms with Crippen LogP contribution in [0.15, 0.2) is 37.8 Å². The van der Waals surface area contributed by atoms with Crippen LogP contribution in [-0.2, 0) is 6.42 Å². The van der Waals surface area contributed by atoms with E-state index < -0.39 is 23.8 Å². The van der Waals surface area contributed by atoms with Gasteiger partial charge < -0.3 is 4.42 Å². The molecule has 2 rings (SSSR count). The van der Waals surface area contributed by atoms with Crippen molar-refractivity contribution in [3.05, 3.63) is 56.4 Å². The highest BCUT2D eigenvalue weighted by Gasteiger charge is 2.18. The van der Waals surface area contributed by atoms with Crippen molar-refractivity contribution in [1.82, 2.24) is 0 Å². The summed E-state index contributed by atoms with van der Waals surface area (Å²) >= 11 is 6.00. The Labute approximate surface area is 118 Å². The minimum atomic E-state index is -0.769. The summed E-state index contributed by atoms with van der Waals surface area (Å²) in [5.41, 5.74) is -0.276. The van der Waals surface area contributed by atoms with Crippen molar-refractivity contribution in [1.29, 1.82) is 0 Å². The van der Waals surface area contributed by atoms with Crippen molar-refractivity contribution in [2.45, 2.75) is 6.42 Å². The SMILES string of the molecule is O=C(Cc1c(F)ccc(Br)c1F)c1ccc(Br)o1. The molecule has 0 spiro atoms. The second kappa shape index (κ2) is 5.32. The number of carbonyl (C=O) groups excluding carboxylic acids is 1. The molecule has 0 aliphatic heterocycles. The normalized spacial score (nSPS) is 10.7. The maximum Gasteiger partial charge on any atom is 0.202 e. The predicted octanol–water partition coefficient (Wildman–Crippen LogP) is 4.51. The molecule has 0 atom stereocenters. The highest BCUT2D eigenvalue weighted by atomic mass is 79.9. The zero-order valence-corrected chi connectivity index (χ0v) is 12.0. The Bertz CT molecular complexity index is 608. The molecule has 2 nitrogen and oxygen atoms in total. The van der Waals surface area contributed by atoms with Gasteiger partial charge in [0, 0.05) is 12.0 Å². The average molecular weight is 380 g/mol. The number of Topliss-reactive ketones (excluding diaryl/α,β-unsaturated/α-hetero) is 1. The van der Waals surface area contributed by atoms with Gasteiger partial charge in [-0.25, -0.2) is 8.78 Å². The Balaban J connectivity index is 2.30. The maximum absolute atomic E-state index is 13.7. The molecule has 94 valence electrons. The summed E-state index contributed by atoms with van der Waals surface area (Å²) < 4.78 is 32.7. The summed E-state index contributed by atoms with van der Waals surface area (Å²) in [6.07, 6.45) is -0.392. The van der Waals surface area contributed by atoms with Crippen LogP contribution in [-0.4, -0.2) is 5.78 Å². The van der Waals surface area contributed by atoms with Crippen molar-refractivity contribution < 1.29 is 18.0 Å². The average Bonchev–Trinajstić information content (AvgIpc) is 2.76. The van der Waals surface area contributed by atoms with E-state index in [0.717, 1.165) is 6.07 Å². The molecular formula is C12H6Br2F2O2. The van der Waals surface area contributed by atoms with Crippen LogP contribution in [0.4, 0.5) is 8.78 Å². The largest absolute Gasteiger partial charge is 0.446 e. The first-order valence-corrected chi connectivity index (χ1v) is 6.48. The first-order chi connectivity index (χ1) is 8.49. The second-order valence-corrected chi connectivity index (χ2v) is 5.16. The number of halogens is 4. The number of furan rings is 1. The molecular weight excluding hydrogens is 374 g/mol. The van der Waals surface area contributed by atoms with E-state index >= 15 is 0 Å². The molecule has 1 aromatic carbocycles. The molecule has 0 saturated heterocycles. The fourth-order valence-corrected chi connectivity index (χ4v) is 2.12. The molecule has 0 aliphatic rings. The Morgan fingerprint density at radius 3 is 2.50 bits per heavy atom. The van der Waals surface area contributed by atoms with Crippen LogP contribution in [0.1, 0.15) is 16.1 Å². The molecule has 2 aromatic rings. The van der Waals surface area contributed by atoms with Gasteiger partial charge in [-0.1, -0.05) is 0 Å². The van der Waals surface area contributed by atoms with E-state index in [2.05, 4.69) is 31.9 Å². The van der Waals surface area contributed by atoms with Gasteiger partial charge in [0.05, 0.1) is 4.47 Å². The van der Waals surface area contributed by atoms with Crippen LogP contribution in [0.3, 0.4) is 0 Å². The molecule has 1 heterocycles. The monoisotopic (exact) mass is 378 g/mol. The lowest BCUT2D eigenvalue weighted by Crippen LogP contribution is -2.07. The lowest BCUT2D eigenvalue weighted by molar-refractivity contribution is 0.0962. The van der Waals surface area contributed by atoms with E-state index in [-0.39, 0.29) is 15.8 Å². The van der Waals surface area contributed by atoms with Gasteiger partial charge in [-0.3, -0.25) is 4.79 Å². The number of carbonyl (C=O) groups is 1. The van der Waals surface area contributed by atoms with Crippen LogP contribution in [0.25, 0.3) is 0 Å². The Morgan fingerprint density at radius 1 is 1.17 bits per heavy atom. The minimum Gasteiger partial charge on any atom is -0.446 e. The van der Waals surface area contributed by atoms with Crippen LogP contribution < -0.4 is 0 Å². The first kappa shape index (κ1) is 13.4. The fraction of sp³-hybridized carbons (Fsp3) is 0.0833. The van der Waals surface area contributed by atoms with Crippen LogP contribution >= 0.6 is 31.9 Å². The maximum atomic E-state index is 13.7. The van der Waals surface area contributed by atoms with Gasteiger partial charge in [-0.15, -0.1) is 0 Å². The number of hydrogen-bond donors (Lipinski definition) is 0. The Kier molecular flexibility index (Phi) is 3.97. The summed E-state index contributed by atoms with van der Waals surface area (Å²) in [5.74, 6) is -1.96. The number of ketones is 1. The van der Waals surface area contributed by atoms with Gasteiger partial charge >= 0.3 is 0 Å². The molecule has 0 radical (unpaired) electrons. The molecule has 0 bridgehead atoms. The third-order valence-corrected chi connectivity index (χ3v) is 3.36. The number of benzene rings is 1. The van der Waals surface area contributed by atoms with Crippen molar-refractivity contribution in [2.75, 3.05) is 0 Å². The zero-order valence-electron chi connectivity index (χ0n) is 8.84. The lowest BCUT2D eigenvalue weighted by Gasteiger charge is -2.04. The standard InChI is InChI=1S/C12H6Br2F2O2/c13-7-1-2-8(15)6(12(7)16)5-9(17)10-3-4-11(14)18-10/h1-4H,5H2. The van der Waals surface area contributed by atoms with Crippen LogP contribution in [0, 0.1) is 11.6 Å². The van der Waals surface area contributed by atoms with Crippen LogP contribution in [0.2, 0.25) is 0 Å². The summed E-state index contributed by atoms with van der Waals surface area (Å²) in [5, 5.41) is 0. The quantitative estimate of drug-likeness (QED) is 0.580. The van der Waals surface area contributed by atoms with E-state index in [1.165, 1.54) is 12.1 Å². The summed E-state index contributed by atoms with van der Waals surface area (Å²) in [4.78, 5) is 11.8. The van der Waals surface area contributed by atoms with Crippen molar-refractivity contribution in [2.24, 2.45) is 0 Å². The van der Waals surface area contributed by atoms with E-state index in [0.29, 0.717) is 4.67 Å². The van der Waals surface area contributed by atoms with Gasteiger partial charge in [0.25, 0.3) is 0 Å². The molecule has 0 amide bonds. The summed E-state index contributed by atoms with van der Waals surface area (Å²) in [6, 6.07) is 5.34. The number of hydrogen-bond acceptors (Lipinski definition) is 2.